The van der Waals surface area contributed by atoms with Crippen molar-refractivity contribution in [3.05, 3.63) is 35.9 Å². The van der Waals surface area contributed by atoms with Gasteiger partial charge in [-0.25, -0.2) is 8.78 Å². The Labute approximate surface area is 134 Å². The summed E-state index contributed by atoms with van der Waals surface area (Å²) in [5.74, 6) is -1.70. The van der Waals surface area contributed by atoms with Gasteiger partial charge in [0.05, 0.1) is 13.2 Å². The largest absolute Gasteiger partial charge is 0.378 e. The van der Waals surface area contributed by atoms with Gasteiger partial charge in [0.15, 0.2) is 11.6 Å². The van der Waals surface area contributed by atoms with Gasteiger partial charge in [-0.05, 0) is 30.9 Å². The number of hydrogen-bond acceptors (Lipinski definition) is 3. The summed E-state index contributed by atoms with van der Waals surface area (Å²) in [6, 6.07) is 2.53. The summed E-state index contributed by atoms with van der Waals surface area (Å²) in [5.41, 5.74) is 0.106. The maximum absolute atomic E-state index is 14.2. The molecule has 0 aromatic heterocycles. The van der Waals surface area contributed by atoms with Gasteiger partial charge in [-0.2, -0.15) is 0 Å². The van der Waals surface area contributed by atoms with E-state index in [0.29, 0.717) is 32.0 Å². The second-order valence-corrected chi connectivity index (χ2v) is 5.90. The van der Waals surface area contributed by atoms with Crippen LogP contribution in [0.15, 0.2) is 24.3 Å². The fraction of sp³-hybridized carbons (Fsp3) is 0.471. The Morgan fingerprint density at radius 3 is 2.57 bits per heavy atom. The minimum atomic E-state index is -0.748. The molecule has 0 bridgehead atoms. The topological polar surface area (TPSA) is 41.6 Å². The number of nitrogens with one attached hydrogen (secondary N) is 1. The molecule has 1 fully saturated rings. The minimum absolute atomic E-state index is 0.161. The smallest absolute Gasteiger partial charge is 0.225 e. The zero-order valence-electron chi connectivity index (χ0n) is 12.9. The van der Waals surface area contributed by atoms with Crippen LogP contribution in [0.2, 0.25) is 0 Å². The molecule has 0 spiro atoms. The van der Waals surface area contributed by atoms with Crippen molar-refractivity contribution in [2.24, 2.45) is 5.92 Å². The Kier molecular flexibility index (Phi) is 4.91. The van der Waals surface area contributed by atoms with Gasteiger partial charge in [0, 0.05) is 25.2 Å². The summed E-state index contributed by atoms with van der Waals surface area (Å²) < 4.78 is 33.7. The number of hydrogen-bond donors (Lipinski definition) is 1. The number of benzene rings is 1. The monoisotopic (exact) mass is 322 g/mol. The lowest BCUT2D eigenvalue weighted by atomic mass is 10.0. The first-order valence-corrected chi connectivity index (χ1v) is 7.92. The predicted molar refractivity (Wildman–Crippen MR) is 84.5 cm³/mol. The van der Waals surface area contributed by atoms with Gasteiger partial charge in [0.2, 0.25) is 5.91 Å². The van der Waals surface area contributed by atoms with E-state index in [2.05, 4.69) is 5.32 Å². The molecule has 2 aliphatic rings. The SMILES string of the molecule is O=C(CC1C=CCC1)Nc1c(F)cc(N2CCOCC2)cc1F. The third-order valence-electron chi connectivity index (χ3n) is 4.23. The highest BCUT2D eigenvalue weighted by atomic mass is 19.1. The lowest BCUT2D eigenvalue weighted by Crippen LogP contribution is -2.36. The molecule has 1 atom stereocenters. The first-order chi connectivity index (χ1) is 11.1. The first kappa shape index (κ1) is 15.9. The molecule has 1 unspecified atom stereocenters. The number of rotatable bonds is 4. The van der Waals surface area contributed by atoms with Crippen LogP contribution in [0, 0.1) is 17.6 Å². The molecule has 1 aromatic carbocycles. The summed E-state index contributed by atoms with van der Waals surface area (Å²) in [4.78, 5) is 13.8. The van der Waals surface area contributed by atoms with E-state index in [9.17, 15) is 13.6 Å². The summed E-state index contributed by atoms with van der Waals surface area (Å²) in [6.45, 7) is 2.27. The lowest BCUT2D eigenvalue weighted by Gasteiger charge is -2.29. The molecule has 1 saturated heterocycles. The molecular formula is C17H20F2N2O2. The molecule has 1 aliphatic carbocycles. The van der Waals surface area contributed by atoms with Crippen LogP contribution in [-0.4, -0.2) is 32.2 Å². The average Bonchev–Trinajstić information content (AvgIpc) is 3.04. The summed E-state index contributed by atoms with van der Waals surface area (Å²) in [7, 11) is 0. The maximum atomic E-state index is 14.2. The number of ether oxygens (including phenoxy) is 1. The third-order valence-corrected chi connectivity index (χ3v) is 4.23. The van der Waals surface area contributed by atoms with Gasteiger partial charge >= 0.3 is 0 Å². The third kappa shape index (κ3) is 3.88. The molecule has 4 nitrogen and oxygen atoms in total. The van der Waals surface area contributed by atoms with Crippen molar-refractivity contribution in [2.75, 3.05) is 36.5 Å². The van der Waals surface area contributed by atoms with Gasteiger partial charge < -0.3 is 15.0 Å². The highest BCUT2D eigenvalue weighted by Gasteiger charge is 2.20. The van der Waals surface area contributed by atoms with E-state index < -0.39 is 11.6 Å². The van der Waals surface area contributed by atoms with Gasteiger partial charge in [0.1, 0.15) is 5.69 Å². The van der Waals surface area contributed by atoms with Crippen LogP contribution in [0.1, 0.15) is 19.3 Å². The van der Waals surface area contributed by atoms with Crippen molar-refractivity contribution in [1.82, 2.24) is 0 Å². The van der Waals surface area contributed by atoms with Crippen LogP contribution in [0.25, 0.3) is 0 Å². The van der Waals surface area contributed by atoms with E-state index >= 15 is 0 Å². The lowest BCUT2D eigenvalue weighted by molar-refractivity contribution is -0.116. The molecular weight excluding hydrogens is 302 g/mol. The molecule has 124 valence electrons. The number of morpholine rings is 1. The van der Waals surface area contributed by atoms with E-state index in [1.54, 1.807) is 0 Å². The van der Waals surface area contributed by atoms with Crippen molar-refractivity contribution in [3.8, 4) is 0 Å². The molecule has 0 radical (unpaired) electrons. The standard InChI is InChI=1S/C17H20F2N2O2/c18-14-10-13(21-5-7-23-8-6-21)11-15(19)17(14)20-16(22)9-12-3-1-2-4-12/h1,3,10-12H,2,4-9H2,(H,20,22). The van der Waals surface area contributed by atoms with Crippen LogP contribution in [0.4, 0.5) is 20.2 Å². The predicted octanol–water partition coefficient (Wildman–Crippen LogP) is 3.10. The van der Waals surface area contributed by atoms with E-state index in [1.165, 1.54) is 12.1 Å². The summed E-state index contributed by atoms with van der Waals surface area (Å²) >= 11 is 0. The molecule has 1 heterocycles. The fourth-order valence-corrected chi connectivity index (χ4v) is 2.98. The van der Waals surface area contributed by atoms with E-state index in [0.717, 1.165) is 12.8 Å². The molecule has 1 aliphatic heterocycles. The number of amides is 1. The van der Waals surface area contributed by atoms with E-state index in [1.807, 2.05) is 17.1 Å². The Morgan fingerprint density at radius 2 is 1.96 bits per heavy atom. The van der Waals surface area contributed by atoms with Crippen LogP contribution in [0.5, 0.6) is 0 Å². The van der Waals surface area contributed by atoms with Gasteiger partial charge in [0.25, 0.3) is 0 Å². The van der Waals surface area contributed by atoms with Crippen molar-refractivity contribution in [3.63, 3.8) is 0 Å². The average molecular weight is 322 g/mol. The molecule has 3 rings (SSSR count). The number of halogens is 2. The van der Waals surface area contributed by atoms with Crippen LogP contribution in [-0.2, 0) is 9.53 Å². The van der Waals surface area contributed by atoms with Gasteiger partial charge in [-0.15, -0.1) is 0 Å². The Hall–Kier alpha value is -1.95. The zero-order valence-corrected chi connectivity index (χ0v) is 12.9. The summed E-state index contributed by atoms with van der Waals surface area (Å²) in [5, 5.41) is 2.37. The molecule has 1 N–H and O–H groups in total. The number of carbonyl (C=O) groups excluding carboxylic acids is 1. The normalized spacial score (nSPS) is 20.8. The molecule has 1 amide bonds. The Balaban J connectivity index is 1.69. The Bertz CT molecular complexity index is 590. The minimum Gasteiger partial charge on any atom is -0.378 e. The second-order valence-electron chi connectivity index (χ2n) is 5.90. The van der Waals surface area contributed by atoms with Crippen molar-refractivity contribution < 1.29 is 18.3 Å². The molecule has 0 saturated carbocycles. The van der Waals surface area contributed by atoms with Crippen molar-refractivity contribution in [1.29, 1.82) is 0 Å². The molecule has 6 heteroatoms. The highest BCUT2D eigenvalue weighted by Crippen LogP contribution is 2.27. The van der Waals surface area contributed by atoms with Crippen LogP contribution in [0.3, 0.4) is 0 Å². The van der Waals surface area contributed by atoms with Gasteiger partial charge in [-0.3, -0.25) is 4.79 Å². The van der Waals surface area contributed by atoms with Crippen molar-refractivity contribution in [2.45, 2.75) is 19.3 Å². The fourth-order valence-electron chi connectivity index (χ4n) is 2.98. The van der Waals surface area contributed by atoms with Crippen molar-refractivity contribution >= 4 is 17.3 Å². The van der Waals surface area contributed by atoms with Gasteiger partial charge in [-0.1, -0.05) is 12.2 Å². The first-order valence-electron chi connectivity index (χ1n) is 7.92. The number of allylic oxidation sites excluding steroid dienone is 2. The Morgan fingerprint density at radius 1 is 1.26 bits per heavy atom. The highest BCUT2D eigenvalue weighted by molar-refractivity contribution is 5.91. The van der Waals surface area contributed by atoms with E-state index in [-0.39, 0.29) is 23.9 Å². The number of anilines is 2. The quantitative estimate of drug-likeness (QED) is 0.866. The van der Waals surface area contributed by atoms with E-state index in [4.69, 9.17) is 4.74 Å². The number of carbonyl (C=O) groups is 1. The van der Waals surface area contributed by atoms with Crippen LogP contribution < -0.4 is 10.2 Å². The molecule has 1 aromatic rings. The maximum Gasteiger partial charge on any atom is 0.225 e. The summed E-state index contributed by atoms with van der Waals surface area (Å²) in [6.07, 6.45) is 6.12. The molecule has 23 heavy (non-hydrogen) atoms. The zero-order chi connectivity index (χ0) is 16.2. The number of nitrogens with zero attached hydrogens (tertiary/aromatic N) is 1. The van der Waals surface area contributed by atoms with Crippen LogP contribution >= 0.6 is 0 Å². The second kappa shape index (κ2) is 7.08.